The summed E-state index contributed by atoms with van der Waals surface area (Å²) >= 11 is 7.10. The van der Waals surface area contributed by atoms with Crippen LogP contribution < -0.4 is 4.90 Å². The number of carbonyl (C=O) groups is 1. The maximum atomic E-state index is 14.0. The summed E-state index contributed by atoms with van der Waals surface area (Å²) in [5, 5.41) is 20.9. The zero-order chi connectivity index (χ0) is 19.6. The number of anilines is 1. The number of aromatic nitrogens is 4. The smallest absolute Gasteiger partial charge is 0.225 e. The van der Waals surface area contributed by atoms with Gasteiger partial charge in [0.15, 0.2) is 5.13 Å². The molecule has 3 aromatic rings. The SMILES string of the molecule is CCN(C(C)=O)c1nc(Cn2cc(C(O)c3ccc(Cl)cc3F)nn2)cs1. The minimum atomic E-state index is -1.25. The standard InChI is InChI=1S/C17H17ClFN5O2S/c1-3-24(10(2)25)17-20-12(9-27-17)7-23-8-15(21-22-23)16(26)13-5-4-11(18)6-14(13)19/h4-6,8-9,16,26H,3,7H2,1-2H3. The molecule has 0 aliphatic heterocycles. The van der Waals surface area contributed by atoms with Crippen LogP contribution in [0.1, 0.15) is 36.9 Å². The highest BCUT2D eigenvalue weighted by atomic mass is 35.5. The van der Waals surface area contributed by atoms with E-state index in [4.69, 9.17) is 11.6 Å². The van der Waals surface area contributed by atoms with Crippen LogP contribution in [-0.4, -0.2) is 37.5 Å². The number of thiazole rings is 1. The lowest BCUT2D eigenvalue weighted by Crippen LogP contribution is -2.27. The number of halogens is 2. The van der Waals surface area contributed by atoms with Gasteiger partial charge >= 0.3 is 0 Å². The molecule has 1 unspecified atom stereocenters. The van der Waals surface area contributed by atoms with Crippen LogP contribution in [0, 0.1) is 5.82 Å². The Kier molecular flexibility index (Phi) is 5.83. The van der Waals surface area contributed by atoms with Crippen LogP contribution in [0.5, 0.6) is 0 Å². The van der Waals surface area contributed by atoms with Crippen LogP contribution in [-0.2, 0) is 11.3 Å². The van der Waals surface area contributed by atoms with Gasteiger partial charge in [-0.25, -0.2) is 14.1 Å². The number of nitrogens with zero attached hydrogens (tertiary/aromatic N) is 5. The van der Waals surface area contributed by atoms with Gasteiger partial charge in [0.1, 0.15) is 17.6 Å². The molecule has 0 spiro atoms. The molecular weight excluding hydrogens is 393 g/mol. The monoisotopic (exact) mass is 409 g/mol. The normalized spacial score (nSPS) is 12.2. The number of hydrogen-bond acceptors (Lipinski definition) is 6. The minimum Gasteiger partial charge on any atom is -0.382 e. The summed E-state index contributed by atoms with van der Waals surface area (Å²) in [6.07, 6.45) is 0.274. The largest absolute Gasteiger partial charge is 0.382 e. The Morgan fingerprint density at radius 3 is 2.93 bits per heavy atom. The first-order chi connectivity index (χ1) is 12.9. The average Bonchev–Trinajstić information content (AvgIpc) is 3.25. The highest BCUT2D eigenvalue weighted by Crippen LogP contribution is 2.25. The third-order valence-electron chi connectivity index (χ3n) is 3.88. The minimum absolute atomic E-state index is 0.0717. The van der Waals surface area contributed by atoms with Gasteiger partial charge in [0.25, 0.3) is 0 Å². The van der Waals surface area contributed by atoms with E-state index in [2.05, 4.69) is 15.3 Å². The second kappa shape index (κ2) is 8.12. The van der Waals surface area contributed by atoms with Crippen molar-refractivity contribution in [2.24, 2.45) is 0 Å². The summed E-state index contributed by atoms with van der Waals surface area (Å²) in [5.74, 6) is -0.688. The van der Waals surface area contributed by atoms with Gasteiger partial charge < -0.3 is 5.11 Å². The van der Waals surface area contributed by atoms with E-state index in [-0.39, 0.29) is 22.2 Å². The van der Waals surface area contributed by atoms with Crippen LogP contribution in [0.2, 0.25) is 5.02 Å². The molecule has 0 bridgehead atoms. The van der Waals surface area contributed by atoms with E-state index in [1.54, 1.807) is 4.90 Å². The van der Waals surface area contributed by atoms with Crippen molar-refractivity contribution >= 4 is 34.0 Å². The van der Waals surface area contributed by atoms with E-state index < -0.39 is 11.9 Å². The molecule has 1 atom stereocenters. The van der Waals surface area contributed by atoms with Crippen molar-refractivity contribution < 1.29 is 14.3 Å². The van der Waals surface area contributed by atoms with Gasteiger partial charge in [-0.2, -0.15) is 0 Å². The molecule has 10 heteroatoms. The summed E-state index contributed by atoms with van der Waals surface area (Å²) in [6, 6.07) is 4.05. The number of carbonyl (C=O) groups excluding carboxylic acids is 1. The van der Waals surface area contributed by atoms with Gasteiger partial charge in [0.2, 0.25) is 5.91 Å². The van der Waals surface area contributed by atoms with Crippen LogP contribution in [0.25, 0.3) is 0 Å². The van der Waals surface area contributed by atoms with E-state index in [9.17, 15) is 14.3 Å². The molecule has 2 aromatic heterocycles. The van der Waals surface area contributed by atoms with Crippen LogP contribution in [0.4, 0.5) is 9.52 Å². The van der Waals surface area contributed by atoms with Gasteiger partial charge in [-0.05, 0) is 19.1 Å². The zero-order valence-electron chi connectivity index (χ0n) is 14.6. The van der Waals surface area contributed by atoms with E-state index in [0.29, 0.717) is 23.9 Å². The Bertz CT molecular complexity index is 960. The van der Waals surface area contributed by atoms with Crippen LogP contribution in [0.3, 0.4) is 0 Å². The number of aliphatic hydroxyl groups is 1. The third kappa shape index (κ3) is 4.32. The predicted molar refractivity (Wildman–Crippen MR) is 100 cm³/mol. The molecule has 0 saturated carbocycles. The topological polar surface area (TPSA) is 84.1 Å². The molecule has 142 valence electrons. The molecule has 0 saturated heterocycles. The van der Waals surface area contributed by atoms with Gasteiger partial charge in [-0.15, -0.1) is 16.4 Å². The van der Waals surface area contributed by atoms with Gasteiger partial charge in [0.05, 0.1) is 18.4 Å². The number of benzene rings is 1. The Morgan fingerprint density at radius 1 is 1.48 bits per heavy atom. The highest BCUT2D eigenvalue weighted by molar-refractivity contribution is 7.14. The van der Waals surface area contributed by atoms with Gasteiger partial charge in [-0.1, -0.05) is 22.9 Å². The molecule has 0 fully saturated rings. The molecule has 0 aliphatic rings. The fourth-order valence-corrected chi connectivity index (χ4v) is 3.63. The van der Waals surface area contributed by atoms with Gasteiger partial charge in [0, 0.05) is 29.4 Å². The predicted octanol–water partition coefficient (Wildman–Crippen LogP) is 3.03. The number of hydrogen-bond donors (Lipinski definition) is 1. The Hall–Kier alpha value is -2.36. The molecule has 1 amide bonds. The second-order valence-electron chi connectivity index (χ2n) is 5.79. The van der Waals surface area contributed by atoms with E-state index in [1.165, 1.54) is 41.3 Å². The third-order valence-corrected chi connectivity index (χ3v) is 5.03. The first-order valence-electron chi connectivity index (χ1n) is 8.14. The Balaban J connectivity index is 1.75. The second-order valence-corrected chi connectivity index (χ2v) is 7.07. The molecule has 27 heavy (non-hydrogen) atoms. The first-order valence-corrected chi connectivity index (χ1v) is 9.40. The fourth-order valence-electron chi connectivity index (χ4n) is 2.55. The molecular formula is C17H17ClFN5O2S. The Labute approximate surface area is 164 Å². The van der Waals surface area contributed by atoms with Crippen LogP contribution in [0.15, 0.2) is 29.8 Å². The van der Waals surface area contributed by atoms with Crippen molar-refractivity contribution in [2.75, 3.05) is 11.4 Å². The summed E-state index contributed by atoms with van der Waals surface area (Å²) in [6.45, 7) is 4.22. The summed E-state index contributed by atoms with van der Waals surface area (Å²) in [4.78, 5) is 17.6. The maximum absolute atomic E-state index is 14.0. The molecule has 7 nitrogen and oxygen atoms in total. The van der Waals surface area contributed by atoms with E-state index in [1.807, 2.05) is 12.3 Å². The fraction of sp³-hybridized carbons (Fsp3) is 0.294. The molecule has 1 aromatic carbocycles. The summed E-state index contributed by atoms with van der Waals surface area (Å²) in [5.41, 5.74) is 0.992. The lowest BCUT2D eigenvalue weighted by Gasteiger charge is -2.14. The average molecular weight is 410 g/mol. The molecule has 2 heterocycles. The molecule has 1 N–H and O–H groups in total. The quantitative estimate of drug-likeness (QED) is 0.676. The molecule has 0 aliphatic carbocycles. The molecule has 3 rings (SSSR count). The van der Waals surface area contributed by atoms with Crippen molar-refractivity contribution in [2.45, 2.75) is 26.5 Å². The summed E-state index contributed by atoms with van der Waals surface area (Å²) < 4.78 is 15.5. The Morgan fingerprint density at radius 2 is 2.26 bits per heavy atom. The van der Waals surface area contributed by atoms with Crippen molar-refractivity contribution in [3.63, 3.8) is 0 Å². The van der Waals surface area contributed by atoms with Gasteiger partial charge in [-0.3, -0.25) is 9.69 Å². The van der Waals surface area contributed by atoms with Crippen molar-refractivity contribution in [3.8, 4) is 0 Å². The van der Waals surface area contributed by atoms with E-state index >= 15 is 0 Å². The number of rotatable bonds is 6. The van der Waals surface area contributed by atoms with Crippen LogP contribution >= 0.6 is 22.9 Å². The van der Waals surface area contributed by atoms with Crippen molar-refractivity contribution in [1.82, 2.24) is 20.0 Å². The van der Waals surface area contributed by atoms with E-state index in [0.717, 1.165) is 6.07 Å². The first kappa shape index (κ1) is 19.4. The number of aliphatic hydroxyl groups excluding tert-OH is 1. The lowest BCUT2D eigenvalue weighted by atomic mass is 10.1. The van der Waals surface area contributed by atoms with Crippen molar-refractivity contribution in [1.29, 1.82) is 0 Å². The zero-order valence-corrected chi connectivity index (χ0v) is 16.2. The van der Waals surface area contributed by atoms with Crippen molar-refractivity contribution in [3.05, 3.63) is 57.6 Å². The number of amides is 1. The lowest BCUT2D eigenvalue weighted by molar-refractivity contribution is -0.116. The summed E-state index contributed by atoms with van der Waals surface area (Å²) in [7, 11) is 0. The maximum Gasteiger partial charge on any atom is 0.225 e. The molecule has 0 radical (unpaired) electrons. The highest BCUT2D eigenvalue weighted by Gasteiger charge is 2.19.